The maximum Gasteiger partial charge on any atom is 0.276 e. The van der Waals surface area contributed by atoms with E-state index >= 15 is 0 Å². The molecule has 3 rings (SSSR count). The molecule has 0 bridgehead atoms. The van der Waals surface area contributed by atoms with Gasteiger partial charge >= 0.3 is 0 Å². The van der Waals surface area contributed by atoms with Crippen molar-refractivity contribution in [1.29, 1.82) is 0 Å². The third-order valence-corrected chi connectivity index (χ3v) is 4.10. The second-order valence-electron chi connectivity index (χ2n) is 6.69. The molecule has 7 nitrogen and oxygen atoms in total. The first-order valence-electron chi connectivity index (χ1n) is 8.80. The van der Waals surface area contributed by atoms with Crippen molar-refractivity contribution in [3.63, 3.8) is 0 Å². The summed E-state index contributed by atoms with van der Waals surface area (Å²) in [5, 5.41) is 12.8. The quantitative estimate of drug-likeness (QED) is 0.581. The van der Waals surface area contributed by atoms with Crippen molar-refractivity contribution in [1.82, 2.24) is 15.2 Å². The van der Waals surface area contributed by atoms with Crippen LogP contribution in [0.4, 0.5) is 11.5 Å². The molecule has 2 heterocycles. The molecule has 0 aliphatic carbocycles. The van der Waals surface area contributed by atoms with Gasteiger partial charge in [-0.25, -0.2) is 4.98 Å². The number of aromatic nitrogens is 3. The lowest BCUT2D eigenvalue weighted by molar-refractivity contribution is 0.102. The van der Waals surface area contributed by atoms with Gasteiger partial charge in [-0.15, -0.1) is 0 Å². The molecule has 0 aliphatic rings. The molecule has 3 aromatic rings. The predicted molar refractivity (Wildman–Crippen MR) is 109 cm³/mol. The van der Waals surface area contributed by atoms with Crippen LogP contribution in [-0.2, 0) is 6.42 Å². The van der Waals surface area contributed by atoms with Gasteiger partial charge in [0.15, 0.2) is 5.69 Å². The first-order valence-corrected chi connectivity index (χ1v) is 9.17. The number of nitrogens with zero attached hydrogens (tertiary/aromatic N) is 2. The monoisotopic (exact) mass is 397 g/mol. The number of benzene rings is 1. The van der Waals surface area contributed by atoms with Gasteiger partial charge in [0.1, 0.15) is 5.82 Å². The minimum absolute atomic E-state index is 0.269. The number of halogens is 1. The van der Waals surface area contributed by atoms with Crippen LogP contribution >= 0.6 is 11.6 Å². The third-order valence-electron chi connectivity index (χ3n) is 3.88. The van der Waals surface area contributed by atoms with E-state index in [2.05, 4.69) is 39.7 Å². The Morgan fingerprint density at radius 1 is 1.11 bits per heavy atom. The molecular weight excluding hydrogens is 378 g/mol. The standard InChI is InChI=1S/C20H20ClN5O2/c1-12(2)9-14-10-17(26-25-14)20(28)23-16-6-4-3-5-15(16)19(27)24-18-8-7-13(21)11-22-18/h3-8,10-12H,9H2,1-2H3,(H,23,28)(H,25,26)(H,22,24,27). The zero-order valence-electron chi connectivity index (χ0n) is 15.5. The molecule has 0 atom stereocenters. The van der Waals surface area contributed by atoms with Gasteiger partial charge < -0.3 is 10.6 Å². The predicted octanol–water partition coefficient (Wildman–Crippen LogP) is 4.16. The molecule has 28 heavy (non-hydrogen) atoms. The van der Waals surface area contributed by atoms with Crippen LogP contribution in [0.3, 0.4) is 0 Å². The highest BCUT2D eigenvalue weighted by atomic mass is 35.5. The number of rotatable bonds is 6. The number of nitrogens with one attached hydrogen (secondary N) is 3. The third kappa shape index (κ3) is 4.95. The van der Waals surface area contributed by atoms with Crippen molar-refractivity contribution >= 4 is 34.9 Å². The number of aromatic amines is 1. The van der Waals surface area contributed by atoms with Crippen LogP contribution in [0.1, 0.15) is 40.4 Å². The normalized spacial score (nSPS) is 10.7. The van der Waals surface area contributed by atoms with Crippen molar-refractivity contribution < 1.29 is 9.59 Å². The Kier molecular flexibility index (Phi) is 6.06. The summed E-state index contributed by atoms with van der Waals surface area (Å²) in [6.07, 6.45) is 2.24. The summed E-state index contributed by atoms with van der Waals surface area (Å²) in [6.45, 7) is 4.18. The second-order valence-corrected chi connectivity index (χ2v) is 7.13. The van der Waals surface area contributed by atoms with Crippen molar-refractivity contribution in [2.45, 2.75) is 20.3 Å². The Morgan fingerprint density at radius 3 is 2.61 bits per heavy atom. The molecule has 1 aromatic carbocycles. The van der Waals surface area contributed by atoms with Crippen LogP contribution in [0.15, 0.2) is 48.7 Å². The van der Waals surface area contributed by atoms with Crippen molar-refractivity contribution in [3.05, 3.63) is 70.6 Å². The van der Waals surface area contributed by atoms with Gasteiger partial charge in [-0.05, 0) is 42.7 Å². The van der Waals surface area contributed by atoms with E-state index in [9.17, 15) is 9.59 Å². The molecule has 0 fully saturated rings. The fourth-order valence-corrected chi connectivity index (χ4v) is 2.74. The summed E-state index contributed by atoms with van der Waals surface area (Å²) in [6, 6.07) is 11.7. The molecule has 0 aliphatic heterocycles. The zero-order valence-corrected chi connectivity index (χ0v) is 16.2. The molecule has 0 unspecified atom stereocenters. The van der Waals surface area contributed by atoms with Crippen molar-refractivity contribution in [2.75, 3.05) is 10.6 Å². The Labute approximate surface area is 167 Å². The fraction of sp³-hybridized carbons (Fsp3) is 0.200. The number of carbonyl (C=O) groups is 2. The maximum absolute atomic E-state index is 12.6. The molecule has 0 saturated carbocycles. The average Bonchev–Trinajstić information content (AvgIpc) is 3.12. The van der Waals surface area contributed by atoms with E-state index in [1.807, 2.05) is 0 Å². The smallest absolute Gasteiger partial charge is 0.276 e. The number of pyridine rings is 1. The van der Waals surface area contributed by atoms with Crippen LogP contribution < -0.4 is 10.6 Å². The zero-order chi connectivity index (χ0) is 20.1. The topological polar surface area (TPSA) is 99.8 Å². The number of amides is 2. The van der Waals surface area contributed by atoms with Crippen molar-refractivity contribution in [2.24, 2.45) is 5.92 Å². The number of hydrogen-bond acceptors (Lipinski definition) is 4. The Hall–Kier alpha value is -3.19. The van der Waals surface area contributed by atoms with Crippen LogP contribution in [0.5, 0.6) is 0 Å². The number of carbonyl (C=O) groups excluding carboxylic acids is 2. The average molecular weight is 398 g/mol. The summed E-state index contributed by atoms with van der Waals surface area (Å²) in [4.78, 5) is 29.2. The van der Waals surface area contributed by atoms with Crippen LogP contribution in [0.2, 0.25) is 5.02 Å². The van der Waals surface area contributed by atoms with Crippen LogP contribution in [0, 0.1) is 5.92 Å². The lowest BCUT2D eigenvalue weighted by Crippen LogP contribution is -2.18. The molecule has 0 spiro atoms. The van der Waals surface area contributed by atoms with Gasteiger partial charge in [0.25, 0.3) is 11.8 Å². The highest BCUT2D eigenvalue weighted by Gasteiger charge is 2.16. The first kappa shape index (κ1) is 19.6. The Balaban J connectivity index is 1.74. The Morgan fingerprint density at radius 2 is 1.89 bits per heavy atom. The molecule has 2 aromatic heterocycles. The summed E-state index contributed by atoms with van der Waals surface area (Å²) in [7, 11) is 0. The van der Waals surface area contributed by atoms with E-state index in [0.717, 1.165) is 12.1 Å². The molecular formula is C20H20ClN5O2. The van der Waals surface area contributed by atoms with Gasteiger partial charge in [0.2, 0.25) is 0 Å². The van der Waals surface area contributed by atoms with Crippen LogP contribution in [0.25, 0.3) is 0 Å². The lowest BCUT2D eigenvalue weighted by Gasteiger charge is -2.10. The van der Waals surface area contributed by atoms with E-state index in [1.165, 1.54) is 6.20 Å². The molecule has 0 saturated heterocycles. The summed E-state index contributed by atoms with van der Waals surface area (Å²) in [5.74, 6) is 0.0211. The lowest BCUT2D eigenvalue weighted by atomic mass is 10.1. The highest BCUT2D eigenvalue weighted by molar-refractivity contribution is 6.30. The SMILES string of the molecule is CC(C)Cc1cc(C(=O)Nc2ccccc2C(=O)Nc2ccc(Cl)cn2)n[nH]1. The second kappa shape index (κ2) is 8.67. The van der Waals surface area contributed by atoms with Crippen LogP contribution in [-0.4, -0.2) is 27.0 Å². The molecule has 3 N–H and O–H groups in total. The summed E-state index contributed by atoms with van der Waals surface area (Å²) < 4.78 is 0. The van der Waals surface area contributed by atoms with E-state index in [0.29, 0.717) is 28.0 Å². The van der Waals surface area contributed by atoms with E-state index in [-0.39, 0.29) is 5.69 Å². The molecule has 0 radical (unpaired) electrons. The van der Waals surface area contributed by atoms with Gasteiger partial charge in [0.05, 0.1) is 16.3 Å². The number of H-pyrrole nitrogens is 1. The Bertz CT molecular complexity index is 982. The van der Waals surface area contributed by atoms with E-state index in [4.69, 9.17) is 11.6 Å². The largest absolute Gasteiger partial charge is 0.320 e. The molecule has 144 valence electrons. The van der Waals surface area contributed by atoms with E-state index < -0.39 is 11.8 Å². The first-order chi connectivity index (χ1) is 13.4. The number of para-hydroxylation sites is 1. The number of anilines is 2. The van der Waals surface area contributed by atoms with E-state index in [1.54, 1.807) is 42.5 Å². The minimum atomic E-state index is -0.395. The van der Waals surface area contributed by atoms with Gasteiger partial charge in [-0.1, -0.05) is 37.6 Å². The summed E-state index contributed by atoms with van der Waals surface area (Å²) in [5.41, 5.74) is 1.85. The fourth-order valence-electron chi connectivity index (χ4n) is 2.63. The number of hydrogen-bond donors (Lipinski definition) is 3. The van der Waals surface area contributed by atoms with Crippen molar-refractivity contribution in [3.8, 4) is 0 Å². The molecule has 8 heteroatoms. The van der Waals surface area contributed by atoms with Gasteiger partial charge in [-0.2, -0.15) is 5.10 Å². The van der Waals surface area contributed by atoms with Gasteiger partial charge in [-0.3, -0.25) is 14.7 Å². The minimum Gasteiger partial charge on any atom is -0.320 e. The highest BCUT2D eigenvalue weighted by Crippen LogP contribution is 2.18. The van der Waals surface area contributed by atoms with Gasteiger partial charge in [0, 0.05) is 11.9 Å². The molecule has 2 amide bonds. The summed E-state index contributed by atoms with van der Waals surface area (Å²) >= 11 is 5.80. The maximum atomic E-state index is 12.6.